The summed E-state index contributed by atoms with van der Waals surface area (Å²) < 4.78 is 26.4. The van der Waals surface area contributed by atoms with Crippen molar-refractivity contribution in [2.24, 2.45) is 0 Å². The van der Waals surface area contributed by atoms with E-state index in [1.54, 1.807) is 0 Å². The van der Waals surface area contributed by atoms with Crippen LogP contribution in [0.5, 0.6) is 0 Å². The maximum atomic E-state index is 11.7. The molecule has 0 fully saturated rings. The van der Waals surface area contributed by atoms with E-state index >= 15 is 0 Å². The number of hydrogen-bond donors (Lipinski definition) is 0. The van der Waals surface area contributed by atoms with Crippen molar-refractivity contribution in [3.05, 3.63) is 34.9 Å². The summed E-state index contributed by atoms with van der Waals surface area (Å²) in [5.74, 6) is 0.485. The molecule has 0 aliphatic carbocycles. The van der Waals surface area contributed by atoms with Crippen molar-refractivity contribution in [1.29, 1.82) is 0 Å². The quantitative estimate of drug-likeness (QED) is 0.844. The molecule has 0 amide bonds. The van der Waals surface area contributed by atoms with Gasteiger partial charge in [-0.1, -0.05) is 22.9 Å². The van der Waals surface area contributed by atoms with Crippen molar-refractivity contribution in [2.75, 3.05) is 11.5 Å². The van der Waals surface area contributed by atoms with Crippen molar-refractivity contribution >= 4 is 36.7 Å². The third-order valence-electron chi connectivity index (χ3n) is 2.89. The fraction of sp³-hybridized carbons (Fsp3) is 0.385. The third-order valence-corrected chi connectivity index (χ3v) is 5.22. The van der Waals surface area contributed by atoms with Crippen LogP contribution >= 0.6 is 15.9 Å². The predicted molar refractivity (Wildman–Crippen MR) is 78.6 cm³/mol. The number of aryl methyl sites for hydroxylation is 1. The van der Waals surface area contributed by atoms with E-state index in [9.17, 15) is 8.42 Å². The lowest BCUT2D eigenvalue weighted by molar-refractivity contribution is 0.588. The van der Waals surface area contributed by atoms with Crippen LogP contribution in [0.3, 0.4) is 0 Å². The summed E-state index contributed by atoms with van der Waals surface area (Å²) in [7, 11) is -2.91. The lowest BCUT2D eigenvalue weighted by Gasteiger charge is -2.06. The van der Waals surface area contributed by atoms with Crippen LogP contribution in [0, 0.1) is 0 Å². The van der Waals surface area contributed by atoms with Crippen molar-refractivity contribution < 1.29 is 8.42 Å². The Labute approximate surface area is 116 Å². The molecule has 0 spiro atoms. The van der Waals surface area contributed by atoms with Crippen LogP contribution in [0.1, 0.15) is 13.3 Å². The van der Waals surface area contributed by atoms with E-state index < -0.39 is 9.84 Å². The molecule has 0 N–H and O–H groups in total. The molecule has 0 saturated heterocycles. The van der Waals surface area contributed by atoms with Gasteiger partial charge in [-0.3, -0.25) is 0 Å². The fourth-order valence-electron chi connectivity index (χ4n) is 2.02. The van der Waals surface area contributed by atoms with Gasteiger partial charge in [0.05, 0.1) is 5.75 Å². The summed E-state index contributed by atoms with van der Waals surface area (Å²) in [6.07, 6.45) is 2.63. The fourth-order valence-corrected chi connectivity index (χ4v) is 3.70. The Hall–Kier alpha value is -0.810. The van der Waals surface area contributed by atoms with Gasteiger partial charge in [0.1, 0.15) is 0 Å². The average molecular weight is 330 g/mol. The first-order valence-corrected chi connectivity index (χ1v) is 8.58. The van der Waals surface area contributed by atoms with Crippen molar-refractivity contribution in [2.45, 2.75) is 19.9 Å². The zero-order valence-electron chi connectivity index (χ0n) is 10.3. The molecule has 0 radical (unpaired) electrons. The molecule has 2 aromatic rings. The van der Waals surface area contributed by atoms with Gasteiger partial charge in [-0.25, -0.2) is 8.42 Å². The maximum absolute atomic E-state index is 11.7. The first-order chi connectivity index (χ1) is 8.52. The molecule has 1 heterocycles. The summed E-state index contributed by atoms with van der Waals surface area (Å²) in [6, 6.07) is 8.02. The summed E-state index contributed by atoms with van der Waals surface area (Å²) in [5.41, 5.74) is 1.07. The van der Waals surface area contributed by atoms with Crippen LogP contribution in [0.15, 0.2) is 34.9 Å². The van der Waals surface area contributed by atoms with Crippen molar-refractivity contribution in [3.63, 3.8) is 0 Å². The highest BCUT2D eigenvalue weighted by molar-refractivity contribution is 9.10. The highest BCUT2D eigenvalue weighted by Crippen LogP contribution is 2.20. The van der Waals surface area contributed by atoms with Gasteiger partial charge in [-0.05, 0) is 30.7 Å². The molecule has 3 nitrogen and oxygen atoms in total. The van der Waals surface area contributed by atoms with Crippen LogP contribution < -0.4 is 0 Å². The monoisotopic (exact) mass is 329 g/mol. The van der Waals surface area contributed by atoms with Gasteiger partial charge in [0.25, 0.3) is 0 Å². The van der Waals surface area contributed by atoms with E-state index in [0.717, 1.165) is 15.4 Å². The van der Waals surface area contributed by atoms with Crippen molar-refractivity contribution in [1.82, 2.24) is 4.57 Å². The molecule has 2 rings (SSSR count). The molecule has 1 aromatic carbocycles. The van der Waals surface area contributed by atoms with Crippen molar-refractivity contribution in [3.8, 4) is 0 Å². The van der Waals surface area contributed by atoms with E-state index in [4.69, 9.17) is 0 Å². The highest BCUT2D eigenvalue weighted by atomic mass is 79.9. The number of fused-ring (bicyclic) bond motifs is 1. The lowest BCUT2D eigenvalue weighted by atomic mass is 10.2. The van der Waals surface area contributed by atoms with Crippen LogP contribution in [-0.2, 0) is 16.4 Å². The van der Waals surface area contributed by atoms with E-state index in [0.29, 0.717) is 13.0 Å². The van der Waals surface area contributed by atoms with E-state index in [1.165, 1.54) is 0 Å². The maximum Gasteiger partial charge on any atom is 0.152 e. The van der Waals surface area contributed by atoms with Gasteiger partial charge < -0.3 is 4.57 Å². The first kappa shape index (κ1) is 13.6. The number of sulfone groups is 1. The molecular weight excluding hydrogens is 314 g/mol. The van der Waals surface area contributed by atoms with E-state index in [2.05, 4.69) is 15.9 Å². The summed E-state index contributed by atoms with van der Waals surface area (Å²) >= 11 is 3.43. The second kappa shape index (κ2) is 5.45. The number of halogens is 1. The molecule has 18 heavy (non-hydrogen) atoms. The lowest BCUT2D eigenvalue weighted by Crippen LogP contribution is -2.15. The minimum Gasteiger partial charge on any atom is -0.346 e. The molecular formula is C13H16BrNO2S. The first-order valence-electron chi connectivity index (χ1n) is 5.96. The second-order valence-corrected chi connectivity index (χ2v) is 7.58. The molecule has 0 unspecified atom stereocenters. The van der Waals surface area contributed by atoms with Crippen LogP contribution in [-0.4, -0.2) is 24.5 Å². The number of nitrogens with zero attached hydrogens (tertiary/aromatic N) is 1. The highest BCUT2D eigenvalue weighted by Gasteiger charge is 2.10. The largest absolute Gasteiger partial charge is 0.346 e. The number of hydrogen-bond acceptors (Lipinski definition) is 2. The molecule has 0 atom stereocenters. The predicted octanol–water partition coefficient (Wildman–Crippen LogP) is 3.23. The van der Waals surface area contributed by atoms with Gasteiger partial charge in [0.15, 0.2) is 9.84 Å². The number of aromatic nitrogens is 1. The van der Waals surface area contributed by atoms with Gasteiger partial charge >= 0.3 is 0 Å². The Balaban J connectivity index is 2.18. The van der Waals surface area contributed by atoms with E-state index in [-0.39, 0.29) is 11.5 Å². The summed E-state index contributed by atoms with van der Waals surface area (Å²) in [5, 5.41) is 1.12. The molecule has 0 aliphatic heterocycles. The van der Waals surface area contributed by atoms with Gasteiger partial charge in [0, 0.05) is 33.9 Å². The Morgan fingerprint density at radius 1 is 1.22 bits per heavy atom. The second-order valence-electron chi connectivity index (χ2n) is 4.36. The van der Waals surface area contributed by atoms with Gasteiger partial charge in [-0.15, -0.1) is 0 Å². The minimum absolute atomic E-state index is 0.209. The Morgan fingerprint density at radius 2 is 2.00 bits per heavy atom. The topological polar surface area (TPSA) is 39.1 Å². The molecule has 0 saturated carbocycles. The number of rotatable bonds is 5. The average Bonchev–Trinajstić information content (AvgIpc) is 2.68. The zero-order valence-corrected chi connectivity index (χ0v) is 12.7. The van der Waals surface area contributed by atoms with E-state index in [1.807, 2.05) is 42.0 Å². The summed E-state index contributed by atoms with van der Waals surface area (Å²) in [4.78, 5) is 0. The normalized spacial score (nSPS) is 12.1. The van der Waals surface area contributed by atoms with Gasteiger partial charge in [-0.2, -0.15) is 0 Å². The minimum atomic E-state index is -2.91. The molecule has 0 bridgehead atoms. The molecule has 98 valence electrons. The van der Waals surface area contributed by atoms with Crippen LogP contribution in [0.2, 0.25) is 0 Å². The standard InChI is InChI=1S/C13H16BrNO2S/c1-2-8-18(16,17)9-7-15-6-5-11-10-12(14)3-4-13(11)15/h3-6,10H,2,7-9H2,1H3. The third kappa shape index (κ3) is 3.14. The Bertz CT molecular complexity index is 646. The molecule has 0 aliphatic rings. The van der Waals surface area contributed by atoms with Gasteiger partial charge in [0.2, 0.25) is 0 Å². The molecule has 1 aromatic heterocycles. The van der Waals surface area contributed by atoms with Crippen LogP contribution in [0.4, 0.5) is 0 Å². The molecule has 5 heteroatoms. The zero-order chi connectivity index (χ0) is 13.2. The smallest absolute Gasteiger partial charge is 0.152 e. The summed E-state index contributed by atoms with van der Waals surface area (Å²) in [6.45, 7) is 2.41. The Morgan fingerprint density at radius 3 is 2.72 bits per heavy atom. The Kier molecular flexibility index (Phi) is 4.12. The number of benzene rings is 1. The van der Waals surface area contributed by atoms with Crippen LogP contribution in [0.25, 0.3) is 10.9 Å². The SMILES string of the molecule is CCCS(=O)(=O)CCn1ccc2cc(Br)ccc21.